The van der Waals surface area contributed by atoms with Crippen molar-refractivity contribution < 1.29 is 0 Å². The topological polar surface area (TPSA) is 96.0 Å². The lowest BCUT2D eigenvalue weighted by atomic mass is 9.94. The third-order valence-electron chi connectivity index (χ3n) is 12.9. The smallest absolute Gasteiger partial charge is 0.164 e. The molecule has 0 radical (unpaired) electrons. The van der Waals surface area contributed by atoms with Crippen molar-refractivity contribution in [3.63, 3.8) is 0 Å². The van der Waals surface area contributed by atoms with E-state index in [1.54, 1.807) is 0 Å². The lowest BCUT2D eigenvalue weighted by molar-refractivity contribution is 1.21. The first-order valence-electron chi connectivity index (χ1n) is 21.2. The molecule has 9 aromatic carbocycles. The molecule has 0 fully saturated rings. The van der Waals surface area contributed by atoms with E-state index in [1.165, 1.54) is 0 Å². The Bertz CT molecular complexity index is 4180. The molecule has 0 saturated heterocycles. The minimum Gasteiger partial charge on any atom is -0.339 e. The van der Waals surface area contributed by atoms with Gasteiger partial charge in [0.2, 0.25) is 0 Å². The van der Waals surface area contributed by atoms with E-state index in [0.29, 0.717) is 34.4 Å². The fraction of sp³-hybridized carbons (Fsp3) is 0.0179. The standard InChI is InChI=1S/C56H33N7/c1-30-11-10-20-39(21-30)48-49-40-22-31-12-2-4-14-33(31)24-42(40)51(57-49)59-53-44-26-35-16-6-8-18-37(35)28-46(44)55(61-53)63-56-47-29-38-19-9-7-17-36(38)27-45(47)54(62-56)60-52-43-25-34-15-5-3-13-32(34)23-41(43)50(48)58-52/h2-29H,1H3,(H2,57,58,59,60,61,62,63). The van der Waals surface area contributed by atoms with Gasteiger partial charge < -0.3 is 9.97 Å². The van der Waals surface area contributed by atoms with Crippen molar-refractivity contribution in [2.75, 3.05) is 0 Å². The van der Waals surface area contributed by atoms with Crippen LogP contribution in [0.15, 0.2) is 170 Å². The van der Waals surface area contributed by atoms with E-state index in [4.69, 9.17) is 24.9 Å². The Kier molecular flexibility index (Phi) is 6.91. The van der Waals surface area contributed by atoms with Gasteiger partial charge in [0, 0.05) is 49.4 Å². The highest BCUT2D eigenvalue weighted by Crippen LogP contribution is 2.46. The number of benzene rings is 9. The van der Waals surface area contributed by atoms with Gasteiger partial charge in [0.25, 0.3) is 0 Å². The van der Waals surface area contributed by atoms with E-state index < -0.39 is 0 Å². The molecule has 5 heterocycles. The van der Waals surface area contributed by atoms with Crippen molar-refractivity contribution in [1.29, 1.82) is 0 Å². The van der Waals surface area contributed by atoms with Crippen molar-refractivity contribution in [2.24, 2.45) is 0 Å². The Hall–Kier alpha value is -8.55. The fourth-order valence-corrected chi connectivity index (χ4v) is 9.88. The van der Waals surface area contributed by atoms with Gasteiger partial charge in [-0.2, -0.15) is 0 Å². The first-order chi connectivity index (χ1) is 31.1. The van der Waals surface area contributed by atoms with Crippen molar-refractivity contribution in [2.45, 2.75) is 6.92 Å². The van der Waals surface area contributed by atoms with Crippen molar-refractivity contribution in [1.82, 2.24) is 34.9 Å². The van der Waals surface area contributed by atoms with Crippen molar-refractivity contribution in [3.05, 3.63) is 175 Å². The number of fused-ring (bicyclic) bond motifs is 24. The maximum Gasteiger partial charge on any atom is 0.164 e. The Labute approximate surface area is 359 Å². The second kappa shape index (κ2) is 12.7. The highest BCUT2D eigenvalue weighted by molar-refractivity contribution is 6.18. The van der Waals surface area contributed by atoms with E-state index in [9.17, 15) is 0 Å². The minimum atomic E-state index is 0.587. The Balaban J connectivity index is 1.24. The molecule has 7 nitrogen and oxygen atoms in total. The quantitative estimate of drug-likeness (QED) is 0.172. The number of hydrogen-bond acceptors (Lipinski definition) is 5. The molecular weight excluding hydrogens is 771 g/mol. The molecule has 14 rings (SSSR count). The molecular formula is C56H33N7. The van der Waals surface area contributed by atoms with Gasteiger partial charge in [0.1, 0.15) is 16.9 Å². The maximum atomic E-state index is 5.61. The molecule has 7 heteroatoms. The third-order valence-corrected chi connectivity index (χ3v) is 12.9. The molecule has 0 saturated carbocycles. The molecule has 3 aromatic heterocycles. The van der Waals surface area contributed by atoms with Crippen LogP contribution in [0.2, 0.25) is 0 Å². The summed E-state index contributed by atoms with van der Waals surface area (Å²) in [5.74, 6) is 1.81. The molecule has 0 unspecified atom stereocenters. The number of aromatic nitrogens is 7. The second-order valence-corrected chi connectivity index (χ2v) is 16.8. The first-order valence-corrected chi connectivity index (χ1v) is 21.2. The average Bonchev–Trinajstić information content (AvgIpc) is 4.04. The molecule has 0 amide bonds. The minimum absolute atomic E-state index is 0.587. The van der Waals surface area contributed by atoms with Crippen LogP contribution in [0.25, 0.3) is 144 Å². The highest BCUT2D eigenvalue weighted by atomic mass is 15.0. The van der Waals surface area contributed by atoms with Gasteiger partial charge in [-0.25, -0.2) is 24.9 Å². The van der Waals surface area contributed by atoms with Crippen LogP contribution in [-0.2, 0) is 0 Å². The second-order valence-electron chi connectivity index (χ2n) is 16.8. The van der Waals surface area contributed by atoms with Gasteiger partial charge in [-0.1, -0.05) is 127 Å². The molecule has 0 aliphatic carbocycles. The molecule has 12 aromatic rings. The van der Waals surface area contributed by atoms with E-state index >= 15 is 0 Å². The van der Waals surface area contributed by atoms with Crippen LogP contribution in [0.5, 0.6) is 0 Å². The number of H-pyrrole nitrogens is 2. The van der Waals surface area contributed by atoms with Crippen molar-refractivity contribution in [3.8, 4) is 56.5 Å². The maximum absolute atomic E-state index is 5.61. The number of nitrogens with one attached hydrogen (secondary N) is 2. The van der Waals surface area contributed by atoms with E-state index in [1.807, 2.05) is 0 Å². The van der Waals surface area contributed by atoms with Gasteiger partial charge >= 0.3 is 0 Å². The highest BCUT2D eigenvalue weighted by Gasteiger charge is 2.26. The van der Waals surface area contributed by atoms with Crippen LogP contribution in [0, 0.1) is 6.92 Å². The monoisotopic (exact) mass is 803 g/mol. The summed E-state index contributed by atoms with van der Waals surface area (Å²) in [6.07, 6.45) is 0. The summed E-state index contributed by atoms with van der Waals surface area (Å²) >= 11 is 0. The molecule has 292 valence electrons. The zero-order valence-corrected chi connectivity index (χ0v) is 33.9. The average molecular weight is 804 g/mol. The van der Waals surface area contributed by atoms with Gasteiger partial charge in [-0.15, -0.1) is 0 Å². The molecule has 0 spiro atoms. The summed E-state index contributed by atoms with van der Waals surface area (Å²) in [4.78, 5) is 34.9. The fourth-order valence-electron chi connectivity index (χ4n) is 9.88. The number of rotatable bonds is 1. The van der Waals surface area contributed by atoms with Crippen LogP contribution >= 0.6 is 0 Å². The van der Waals surface area contributed by atoms with Gasteiger partial charge in [-0.3, -0.25) is 0 Å². The number of nitrogens with zero attached hydrogens (tertiary/aromatic N) is 5. The van der Waals surface area contributed by atoms with Gasteiger partial charge in [0.15, 0.2) is 17.5 Å². The zero-order valence-electron chi connectivity index (χ0n) is 33.9. The Morgan fingerprint density at radius 3 is 1.22 bits per heavy atom. The lowest BCUT2D eigenvalue weighted by Gasteiger charge is -2.09. The summed E-state index contributed by atoms with van der Waals surface area (Å²) in [5.41, 5.74) is 10.8. The van der Waals surface area contributed by atoms with Crippen LogP contribution in [0.3, 0.4) is 0 Å². The number of aromatic amines is 2. The van der Waals surface area contributed by atoms with E-state index in [0.717, 1.165) is 115 Å². The molecule has 2 aliphatic rings. The number of hydrogen-bond donors (Lipinski definition) is 2. The first kappa shape index (κ1) is 34.2. The summed E-state index contributed by atoms with van der Waals surface area (Å²) in [6, 6.07) is 60.4. The molecule has 2 N–H and O–H groups in total. The van der Waals surface area contributed by atoms with E-state index in [-0.39, 0.29) is 0 Å². The van der Waals surface area contributed by atoms with Crippen LogP contribution in [0.1, 0.15) is 5.56 Å². The summed E-state index contributed by atoms with van der Waals surface area (Å²) < 4.78 is 0. The van der Waals surface area contributed by atoms with Crippen LogP contribution < -0.4 is 0 Å². The SMILES string of the molecule is Cc1cccc(-c2c3nc(nc4[nH]c(nc5nc(nc6[nH]c2c2cc7ccccc7cc62)-c2cc6ccccc6cc2-5)c2cc5ccccc5cc42)-c2cc4ccccc4cc2-3)c1. The van der Waals surface area contributed by atoms with E-state index in [2.05, 4.69) is 187 Å². The predicted molar refractivity (Wildman–Crippen MR) is 258 cm³/mol. The van der Waals surface area contributed by atoms with Gasteiger partial charge in [-0.05, 0) is 104 Å². The van der Waals surface area contributed by atoms with Crippen LogP contribution in [0.4, 0.5) is 0 Å². The van der Waals surface area contributed by atoms with Crippen molar-refractivity contribution >= 4 is 87.1 Å². The normalized spacial score (nSPS) is 12.2. The summed E-state index contributed by atoms with van der Waals surface area (Å²) in [5, 5.41) is 12.9. The number of aryl methyl sites for hydroxylation is 1. The van der Waals surface area contributed by atoms with Gasteiger partial charge in [0.05, 0.1) is 11.2 Å². The molecule has 63 heavy (non-hydrogen) atoms. The molecule has 2 aliphatic heterocycles. The predicted octanol–water partition coefficient (Wildman–Crippen LogP) is 14.1. The largest absolute Gasteiger partial charge is 0.339 e. The Morgan fingerprint density at radius 2 is 0.730 bits per heavy atom. The van der Waals surface area contributed by atoms with Crippen LogP contribution in [-0.4, -0.2) is 34.9 Å². The summed E-state index contributed by atoms with van der Waals surface area (Å²) in [6.45, 7) is 2.14. The molecule has 8 bridgehead atoms. The zero-order chi connectivity index (χ0) is 41.3. The third kappa shape index (κ3) is 5.17. The Morgan fingerprint density at radius 1 is 0.333 bits per heavy atom. The lowest BCUT2D eigenvalue weighted by Crippen LogP contribution is -1.87. The molecule has 0 atom stereocenters. The summed E-state index contributed by atoms with van der Waals surface area (Å²) in [7, 11) is 0.